The zero-order valence-electron chi connectivity index (χ0n) is 10.8. The molecule has 0 aliphatic carbocycles. The summed E-state index contributed by atoms with van der Waals surface area (Å²) in [6, 6.07) is 11.8. The van der Waals surface area contributed by atoms with Crippen molar-refractivity contribution < 1.29 is 4.79 Å². The van der Waals surface area contributed by atoms with E-state index in [1.54, 1.807) is 37.3 Å². The smallest absolute Gasteiger partial charge is 0.256 e. The number of halogens is 1. The molecule has 0 unspecified atom stereocenters. The molecule has 5 heteroatoms. The largest absolute Gasteiger partial charge is 0.398 e. The van der Waals surface area contributed by atoms with Crippen LogP contribution in [-0.4, -0.2) is 5.91 Å². The van der Waals surface area contributed by atoms with Gasteiger partial charge in [0, 0.05) is 11.3 Å². The number of anilines is 2. The van der Waals surface area contributed by atoms with Crippen molar-refractivity contribution in [3.05, 3.63) is 58.1 Å². The molecule has 0 aromatic heterocycles. The Hall–Kier alpha value is -2.51. The Morgan fingerprint density at radius 3 is 2.80 bits per heavy atom. The number of nitrogen functional groups attached to an aromatic ring is 1. The molecule has 0 bridgehead atoms. The first-order valence-corrected chi connectivity index (χ1v) is 6.27. The molecular formula is C15H12ClN3O. The Labute approximate surface area is 121 Å². The predicted octanol–water partition coefficient (Wildman–Crippen LogP) is 3.35. The number of benzene rings is 2. The molecule has 0 aliphatic rings. The molecule has 4 nitrogen and oxygen atoms in total. The molecular weight excluding hydrogens is 274 g/mol. The summed E-state index contributed by atoms with van der Waals surface area (Å²) in [6.45, 7) is 1.78. The van der Waals surface area contributed by atoms with Crippen molar-refractivity contribution in [3.8, 4) is 6.07 Å². The van der Waals surface area contributed by atoms with Gasteiger partial charge in [0.25, 0.3) is 5.91 Å². The van der Waals surface area contributed by atoms with E-state index in [1.165, 1.54) is 6.07 Å². The maximum atomic E-state index is 12.2. The minimum atomic E-state index is -0.313. The molecule has 2 aromatic rings. The predicted molar refractivity (Wildman–Crippen MR) is 79.7 cm³/mol. The fourth-order valence-electron chi connectivity index (χ4n) is 1.78. The van der Waals surface area contributed by atoms with E-state index in [9.17, 15) is 4.79 Å². The van der Waals surface area contributed by atoms with Gasteiger partial charge in [-0.3, -0.25) is 4.79 Å². The van der Waals surface area contributed by atoms with Crippen LogP contribution >= 0.6 is 11.6 Å². The lowest BCUT2D eigenvalue weighted by Crippen LogP contribution is -2.14. The molecule has 0 saturated carbocycles. The minimum absolute atomic E-state index is 0.313. The van der Waals surface area contributed by atoms with Crippen LogP contribution in [0.3, 0.4) is 0 Å². The molecule has 3 N–H and O–H groups in total. The Bertz CT molecular complexity index is 720. The molecule has 0 saturated heterocycles. The van der Waals surface area contributed by atoms with Crippen molar-refractivity contribution in [2.24, 2.45) is 0 Å². The summed E-state index contributed by atoms with van der Waals surface area (Å²) in [5.74, 6) is -0.313. The van der Waals surface area contributed by atoms with Crippen molar-refractivity contribution in [1.29, 1.82) is 5.26 Å². The van der Waals surface area contributed by atoms with Gasteiger partial charge in [0.1, 0.15) is 0 Å². The lowest BCUT2D eigenvalue weighted by Gasteiger charge is -2.10. The highest BCUT2D eigenvalue weighted by molar-refractivity contribution is 6.34. The number of nitrogens with zero attached hydrogens (tertiary/aromatic N) is 1. The number of carbonyl (C=O) groups is 1. The summed E-state index contributed by atoms with van der Waals surface area (Å²) < 4.78 is 0. The summed E-state index contributed by atoms with van der Waals surface area (Å²) in [7, 11) is 0. The molecule has 0 spiro atoms. The fourth-order valence-corrected chi connectivity index (χ4v) is 1.94. The third kappa shape index (κ3) is 2.73. The quantitative estimate of drug-likeness (QED) is 0.831. The van der Waals surface area contributed by atoms with Crippen molar-refractivity contribution in [1.82, 2.24) is 0 Å². The average molecular weight is 286 g/mol. The van der Waals surface area contributed by atoms with Crippen LogP contribution in [0.5, 0.6) is 0 Å². The summed E-state index contributed by atoms with van der Waals surface area (Å²) >= 11 is 6.01. The van der Waals surface area contributed by atoms with Crippen LogP contribution in [0.25, 0.3) is 0 Å². The third-order valence-electron chi connectivity index (χ3n) is 2.96. The lowest BCUT2D eigenvalue weighted by atomic mass is 10.1. The van der Waals surface area contributed by atoms with Gasteiger partial charge in [-0.25, -0.2) is 0 Å². The van der Waals surface area contributed by atoms with Crippen LogP contribution in [0.1, 0.15) is 21.5 Å². The average Bonchev–Trinajstić information content (AvgIpc) is 2.44. The van der Waals surface area contributed by atoms with Gasteiger partial charge in [-0.05, 0) is 42.8 Å². The number of hydrogen-bond acceptors (Lipinski definition) is 3. The second-order valence-electron chi connectivity index (χ2n) is 4.28. The van der Waals surface area contributed by atoms with E-state index in [-0.39, 0.29) is 5.91 Å². The second kappa shape index (κ2) is 5.64. The Kier molecular flexibility index (Phi) is 3.92. The second-order valence-corrected chi connectivity index (χ2v) is 4.69. The number of rotatable bonds is 2. The highest BCUT2D eigenvalue weighted by atomic mass is 35.5. The molecule has 0 radical (unpaired) electrons. The van der Waals surface area contributed by atoms with Crippen LogP contribution in [-0.2, 0) is 0 Å². The summed E-state index contributed by atoms with van der Waals surface area (Å²) in [6.07, 6.45) is 0. The first-order valence-electron chi connectivity index (χ1n) is 5.89. The SMILES string of the molecule is Cc1c(N)cccc1C(=O)Nc1cc(C#N)ccc1Cl. The molecule has 0 aliphatic heterocycles. The van der Waals surface area contributed by atoms with Crippen molar-refractivity contribution in [2.75, 3.05) is 11.1 Å². The van der Waals surface area contributed by atoms with Crippen molar-refractivity contribution in [3.63, 3.8) is 0 Å². The Morgan fingerprint density at radius 1 is 1.35 bits per heavy atom. The fraction of sp³-hybridized carbons (Fsp3) is 0.0667. The number of amides is 1. The van der Waals surface area contributed by atoms with Gasteiger partial charge in [0.15, 0.2) is 0 Å². The summed E-state index contributed by atoms with van der Waals surface area (Å²) in [4.78, 5) is 12.2. The summed E-state index contributed by atoms with van der Waals surface area (Å²) in [5, 5.41) is 11.9. The normalized spacial score (nSPS) is 9.85. The number of nitrogens with two attached hydrogens (primary N) is 1. The molecule has 20 heavy (non-hydrogen) atoms. The maximum Gasteiger partial charge on any atom is 0.256 e. The van der Waals surface area contributed by atoms with Crippen LogP contribution in [0.15, 0.2) is 36.4 Å². The molecule has 100 valence electrons. The zero-order valence-corrected chi connectivity index (χ0v) is 11.5. The Balaban J connectivity index is 2.33. The highest BCUT2D eigenvalue weighted by Gasteiger charge is 2.12. The van der Waals surface area contributed by atoms with Crippen molar-refractivity contribution in [2.45, 2.75) is 6.92 Å². The van der Waals surface area contributed by atoms with Crippen LogP contribution in [0.2, 0.25) is 5.02 Å². The van der Waals surface area contributed by atoms with Gasteiger partial charge >= 0.3 is 0 Å². The van der Waals surface area contributed by atoms with Gasteiger partial charge in [0.05, 0.1) is 22.3 Å². The first-order chi connectivity index (χ1) is 9.52. The maximum absolute atomic E-state index is 12.2. The third-order valence-corrected chi connectivity index (χ3v) is 3.29. The molecule has 0 heterocycles. The van der Waals surface area contributed by atoms with Gasteiger partial charge < -0.3 is 11.1 Å². The van der Waals surface area contributed by atoms with Crippen LogP contribution in [0.4, 0.5) is 11.4 Å². The van der Waals surface area contributed by atoms with E-state index in [2.05, 4.69) is 5.32 Å². The number of carbonyl (C=O) groups excluding carboxylic acids is 1. The van der Waals surface area contributed by atoms with Crippen LogP contribution in [0, 0.1) is 18.3 Å². The van der Waals surface area contributed by atoms with Gasteiger partial charge in [-0.2, -0.15) is 5.26 Å². The van der Waals surface area contributed by atoms with E-state index >= 15 is 0 Å². The minimum Gasteiger partial charge on any atom is -0.398 e. The number of hydrogen-bond donors (Lipinski definition) is 2. The van der Waals surface area contributed by atoms with E-state index in [0.717, 1.165) is 0 Å². The highest BCUT2D eigenvalue weighted by Crippen LogP contribution is 2.24. The lowest BCUT2D eigenvalue weighted by molar-refractivity contribution is 0.102. The monoisotopic (exact) mass is 285 g/mol. The van der Waals surface area contributed by atoms with E-state index < -0.39 is 0 Å². The Morgan fingerprint density at radius 2 is 2.10 bits per heavy atom. The zero-order chi connectivity index (χ0) is 14.7. The molecule has 1 amide bonds. The van der Waals surface area contributed by atoms with Gasteiger partial charge in [0.2, 0.25) is 0 Å². The van der Waals surface area contributed by atoms with E-state index in [4.69, 9.17) is 22.6 Å². The molecule has 0 fully saturated rings. The number of nitriles is 1. The molecule has 2 aromatic carbocycles. The molecule has 2 rings (SSSR count). The van der Waals surface area contributed by atoms with E-state index in [1.807, 2.05) is 6.07 Å². The summed E-state index contributed by atoms with van der Waals surface area (Å²) in [5.41, 5.74) is 8.34. The van der Waals surface area contributed by atoms with E-state index in [0.29, 0.717) is 33.1 Å². The van der Waals surface area contributed by atoms with Gasteiger partial charge in [-0.1, -0.05) is 17.7 Å². The number of nitrogens with one attached hydrogen (secondary N) is 1. The standard InChI is InChI=1S/C15H12ClN3O/c1-9-11(3-2-4-13(9)18)15(20)19-14-7-10(8-17)5-6-12(14)16/h2-7H,18H2,1H3,(H,19,20). The topological polar surface area (TPSA) is 78.9 Å². The first kappa shape index (κ1) is 13.9. The molecule has 0 atom stereocenters. The van der Waals surface area contributed by atoms with Crippen LogP contribution < -0.4 is 11.1 Å². The van der Waals surface area contributed by atoms with Crippen molar-refractivity contribution >= 4 is 28.9 Å². The van der Waals surface area contributed by atoms with Gasteiger partial charge in [-0.15, -0.1) is 0 Å².